The normalized spacial score (nSPS) is 14.9. The second kappa shape index (κ2) is 12.8. The van der Waals surface area contributed by atoms with Crippen LogP contribution in [0.15, 0.2) is 66.9 Å². The van der Waals surface area contributed by atoms with Gasteiger partial charge in [0, 0.05) is 29.4 Å². The zero-order chi connectivity index (χ0) is 27.8. The summed E-state index contributed by atoms with van der Waals surface area (Å²) in [4.78, 5) is 27.4. The Hall–Kier alpha value is -3.88. The average Bonchev–Trinajstić information content (AvgIpc) is 2.93. The molecule has 206 valence electrons. The second-order valence-electron chi connectivity index (χ2n) is 9.82. The van der Waals surface area contributed by atoms with Gasteiger partial charge in [0.05, 0.1) is 17.7 Å². The van der Waals surface area contributed by atoms with Crippen LogP contribution < -0.4 is 10.1 Å². The summed E-state index contributed by atoms with van der Waals surface area (Å²) >= 11 is 0. The average molecular weight is 541 g/mol. The lowest BCUT2D eigenvalue weighted by Gasteiger charge is -2.27. The van der Waals surface area contributed by atoms with Crippen LogP contribution in [0.25, 0.3) is 11.3 Å². The van der Waals surface area contributed by atoms with Crippen molar-refractivity contribution in [2.75, 3.05) is 6.54 Å². The Morgan fingerprint density at radius 1 is 0.974 bits per heavy atom. The van der Waals surface area contributed by atoms with Crippen LogP contribution in [0.5, 0.6) is 5.75 Å². The van der Waals surface area contributed by atoms with E-state index in [2.05, 4.69) is 10.3 Å². The van der Waals surface area contributed by atoms with Crippen molar-refractivity contribution in [2.24, 2.45) is 5.92 Å². The molecule has 9 heteroatoms. The highest BCUT2D eigenvalue weighted by molar-refractivity contribution is 5.94. The maximum atomic E-state index is 12.9. The van der Waals surface area contributed by atoms with Gasteiger partial charge in [-0.25, -0.2) is 0 Å². The number of carbonyl (C=O) groups excluding carboxylic acids is 1. The number of aromatic nitrogens is 1. The van der Waals surface area contributed by atoms with E-state index in [1.165, 1.54) is 31.4 Å². The molecule has 0 spiro atoms. The van der Waals surface area contributed by atoms with Gasteiger partial charge in [0.25, 0.3) is 5.91 Å². The Balaban J connectivity index is 1.48. The van der Waals surface area contributed by atoms with Crippen LogP contribution in [-0.2, 0) is 11.0 Å². The number of nitrogens with one attached hydrogen (secondary N) is 1. The van der Waals surface area contributed by atoms with Crippen LogP contribution in [0.2, 0.25) is 0 Å². The molecule has 0 bridgehead atoms. The van der Waals surface area contributed by atoms with Crippen molar-refractivity contribution in [2.45, 2.75) is 57.2 Å². The third kappa shape index (κ3) is 8.05. The van der Waals surface area contributed by atoms with E-state index in [0.717, 1.165) is 37.0 Å². The number of pyridine rings is 1. The van der Waals surface area contributed by atoms with Crippen molar-refractivity contribution >= 4 is 11.9 Å². The van der Waals surface area contributed by atoms with Crippen LogP contribution in [0, 0.1) is 5.92 Å². The molecule has 1 aromatic heterocycles. The largest absolute Gasteiger partial charge is 0.486 e. The molecule has 1 atom stereocenters. The fraction of sp³-hybridized carbons (Fsp3) is 0.367. The van der Waals surface area contributed by atoms with Gasteiger partial charge in [0.15, 0.2) is 0 Å². The third-order valence-electron chi connectivity index (χ3n) is 6.96. The smallest absolute Gasteiger partial charge is 0.416 e. The van der Waals surface area contributed by atoms with Gasteiger partial charge in [0.1, 0.15) is 11.9 Å². The number of hydrogen-bond acceptors (Lipinski definition) is 4. The van der Waals surface area contributed by atoms with E-state index in [9.17, 15) is 22.8 Å². The van der Waals surface area contributed by atoms with Crippen LogP contribution in [0.1, 0.15) is 72.5 Å². The predicted octanol–water partition coefficient (Wildman–Crippen LogP) is 7.06. The third-order valence-corrected chi connectivity index (χ3v) is 6.96. The van der Waals surface area contributed by atoms with Gasteiger partial charge in [-0.1, -0.05) is 50.3 Å². The maximum absolute atomic E-state index is 12.9. The quantitative estimate of drug-likeness (QED) is 0.287. The number of halogens is 3. The van der Waals surface area contributed by atoms with Gasteiger partial charge in [-0.15, -0.1) is 0 Å². The van der Waals surface area contributed by atoms with Gasteiger partial charge in [-0.3, -0.25) is 14.6 Å². The molecule has 1 aliphatic rings. The SMILES string of the molecule is O=C(O)CCNC(=O)c1ccc(O[C@H](CC2CCCCC2)c2ccc(-c3ccc(C(F)(F)F)cc3)nc2)cc1. The van der Waals surface area contributed by atoms with E-state index < -0.39 is 17.7 Å². The minimum atomic E-state index is -4.39. The van der Waals surface area contributed by atoms with Gasteiger partial charge in [-0.2, -0.15) is 13.2 Å². The summed E-state index contributed by atoms with van der Waals surface area (Å²) in [5.74, 6) is -0.239. The zero-order valence-electron chi connectivity index (χ0n) is 21.4. The molecule has 1 heterocycles. The molecule has 3 aromatic rings. The summed E-state index contributed by atoms with van der Waals surface area (Å²) in [6.07, 6.45) is 3.58. The predicted molar refractivity (Wildman–Crippen MR) is 140 cm³/mol. The molecule has 2 N–H and O–H groups in total. The van der Waals surface area contributed by atoms with Gasteiger partial charge in [0.2, 0.25) is 0 Å². The molecule has 6 nitrogen and oxygen atoms in total. The molecular weight excluding hydrogens is 509 g/mol. The molecule has 0 saturated heterocycles. The van der Waals surface area contributed by atoms with Crippen molar-refractivity contribution in [3.8, 4) is 17.0 Å². The number of alkyl halides is 3. The first-order valence-electron chi connectivity index (χ1n) is 13.1. The number of aliphatic carboxylic acids is 1. The second-order valence-corrected chi connectivity index (χ2v) is 9.82. The topological polar surface area (TPSA) is 88.5 Å². The van der Waals surface area contributed by atoms with Crippen molar-refractivity contribution < 1.29 is 32.6 Å². The molecule has 1 amide bonds. The Kier molecular flexibility index (Phi) is 9.22. The Morgan fingerprint density at radius 2 is 1.67 bits per heavy atom. The van der Waals surface area contributed by atoms with E-state index in [1.54, 1.807) is 36.5 Å². The van der Waals surface area contributed by atoms with E-state index in [1.807, 2.05) is 6.07 Å². The fourth-order valence-electron chi connectivity index (χ4n) is 4.81. The first-order valence-corrected chi connectivity index (χ1v) is 13.1. The number of amides is 1. The number of carboxylic acid groups (broad SMARTS) is 1. The highest BCUT2D eigenvalue weighted by Crippen LogP contribution is 2.35. The lowest BCUT2D eigenvalue weighted by molar-refractivity contribution is -0.138. The van der Waals surface area contributed by atoms with Crippen molar-refractivity contribution in [3.05, 3.63) is 83.6 Å². The molecule has 0 radical (unpaired) electrons. The van der Waals surface area contributed by atoms with Gasteiger partial charge < -0.3 is 15.2 Å². The number of ether oxygens (including phenoxy) is 1. The first kappa shape index (κ1) is 28.1. The standard InChI is InChI=1S/C30H31F3N2O4/c31-30(32,33)24-11-6-21(7-12-24)26-15-10-23(19-35-26)27(18-20-4-2-1-3-5-20)39-25-13-8-22(9-14-25)29(38)34-17-16-28(36)37/h6-15,19-20,27H,1-5,16-18H2,(H,34,38)(H,36,37)/t27-/m1/s1. The Labute approximate surface area is 225 Å². The molecule has 39 heavy (non-hydrogen) atoms. The number of rotatable bonds is 10. The van der Waals surface area contributed by atoms with Crippen molar-refractivity contribution in [1.82, 2.24) is 10.3 Å². The molecule has 0 unspecified atom stereocenters. The highest BCUT2D eigenvalue weighted by Gasteiger charge is 2.30. The van der Waals surface area contributed by atoms with E-state index >= 15 is 0 Å². The number of hydrogen-bond donors (Lipinski definition) is 2. The van der Waals surface area contributed by atoms with Crippen molar-refractivity contribution in [1.29, 1.82) is 0 Å². The van der Waals surface area contributed by atoms with Crippen LogP contribution in [0.3, 0.4) is 0 Å². The van der Waals surface area contributed by atoms with E-state index in [0.29, 0.717) is 28.5 Å². The zero-order valence-corrected chi connectivity index (χ0v) is 21.4. The lowest BCUT2D eigenvalue weighted by atomic mass is 9.84. The minimum Gasteiger partial charge on any atom is -0.486 e. The van der Waals surface area contributed by atoms with E-state index in [4.69, 9.17) is 9.84 Å². The molecule has 1 fully saturated rings. The van der Waals surface area contributed by atoms with E-state index in [-0.39, 0.29) is 25.0 Å². The number of nitrogens with zero attached hydrogens (tertiary/aromatic N) is 1. The Morgan fingerprint density at radius 3 is 2.26 bits per heavy atom. The number of carboxylic acids is 1. The summed E-state index contributed by atoms with van der Waals surface area (Å²) in [7, 11) is 0. The van der Waals surface area contributed by atoms with Crippen molar-refractivity contribution in [3.63, 3.8) is 0 Å². The first-order chi connectivity index (χ1) is 18.7. The monoisotopic (exact) mass is 540 g/mol. The van der Waals surface area contributed by atoms with Gasteiger partial charge in [-0.05, 0) is 54.8 Å². The summed E-state index contributed by atoms with van der Waals surface area (Å²) in [5.41, 5.74) is 1.73. The maximum Gasteiger partial charge on any atom is 0.416 e. The molecule has 2 aromatic carbocycles. The number of benzene rings is 2. The summed E-state index contributed by atoms with van der Waals surface area (Å²) in [5, 5.41) is 11.3. The highest BCUT2D eigenvalue weighted by atomic mass is 19.4. The minimum absolute atomic E-state index is 0.0470. The van der Waals surface area contributed by atoms with Crippen LogP contribution in [0.4, 0.5) is 13.2 Å². The Bertz CT molecular complexity index is 1240. The molecule has 1 aliphatic carbocycles. The fourth-order valence-corrected chi connectivity index (χ4v) is 4.81. The summed E-state index contributed by atoms with van der Waals surface area (Å²) in [6, 6.07) is 15.3. The summed E-state index contributed by atoms with van der Waals surface area (Å²) < 4.78 is 45.1. The van der Waals surface area contributed by atoms with Crippen LogP contribution in [-0.4, -0.2) is 28.5 Å². The molecule has 1 saturated carbocycles. The molecule has 4 rings (SSSR count). The molecular formula is C30H31F3N2O4. The number of carbonyl (C=O) groups is 2. The van der Waals surface area contributed by atoms with Crippen LogP contribution >= 0.6 is 0 Å². The molecule has 0 aliphatic heterocycles. The van der Waals surface area contributed by atoms with Gasteiger partial charge >= 0.3 is 12.1 Å². The summed E-state index contributed by atoms with van der Waals surface area (Å²) in [6.45, 7) is 0.0470. The lowest BCUT2D eigenvalue weighted by Crippen LogP contribution is -2.25.